The number of nitrogen functional groups attached to an aromatic ring is 1. The molecule has 1 aromatic rings. The first kappa shape index (κ1) is 12.2. The van der Waals surface area contributed by atoms with Crippen LogP contribution in [0.3, 0.4) is 0 Å². The van der Waals surface area contributed by atoms with E-state index in [1.807, 2.05) is 6.92 Å². The van der Waals surface area contributed by atoms with Gasteiger partial charge in [-0.15, -0.1) is 0 Å². The molecule has 1 saturated heterocycles. The second kappa shape index (κ2) is 4.92. The fourth-order valence-electron chi connectivity index (χ4n) is 2.24. The number of nitrogens with zero attached hydrogens (tertiary/aromatic N) is 1. The Kier molecular flexibility index (Phi) is 3.52. The van der Waals surface area contributed by atoms with Crippen molar-refractivity contribution in [3.8, 4) is 0 Å². The third-order valence-electron chi connectivity index (χ3n) is 3.24. The third kappa shape index (κ3) is 2.52. The van der Waals surface area contributed by atoms with Crippen LogP contribution in [0.5, 0.6) is 0 Å². The van der Waals surface area contributed by atoms with Crippen molar-refractivity contribution in [2.24, 2.45) is 0 Å². The average molecular weight is 238 g/mol. The summed E-state index contributed by atoms with van der Waals surface area (Å²) < 4.78 is 18.9. The van der Waals surface area contributed by atoms with Gasteiger partial charge in [-0.3, -0.25) is 0 Å². The molecule has 0 amide bonds. The van der Waals surface area contributed by atoms with Crippen molar-refractivity contribution < 1.29 is 9.13 Å². The first-order valence-electron chi connectivity index (χ1n) is 6.05. The summed E-state index contributed by atoms with van der Waals surface area (Å²) in [6.45, 7) is 5.56. The van der Waals surface area contributed by atoms with Gasteiger partial charge in [0, 0.05) is 6.54 Å². The van der Waals surface area contributed by atoms with Gasteiger partial charge in [0.25, 0.3) is 0 Å². The highest BCUT2D eigenvalue weighted by Crippen LogP contribution is 2.29. The van der Waals surface area contributed by atoms with Gasteiger partial charge in [0.05, 0.1) is 30.1 Å². The van der Waals surface area contributed by atoms with E-state index in [0.29, 0.717) is 12.3 Å². The number of hydrogen-bond acceptors (Lipinski definition) is 3. The van der Waals surface area contributed by atoms with Crippen molar-refractivity contribution in [2.75, 3.05) is 23.8 Å². The summed E-state index contributed by atoms with van der Waals surface area (Å²) in [5.74, 6) is -0.247. The summed E-state index contributed by atoms with van der Waals surface area (Å²) >= 11 is 0. The van der Waals surface area contributed by atoms with E-state index in [-0.39, 0.29) is 18.0 Å². The fourth-order valence-corrected chi connectivity index (χ4v) is 2.24. The number of anilines is 2. The summed E-state index contributed by atoms with van der Waals surface area (Å²) in [5, 5.41) is 0. The van der Waals surface area contributed by atoms with Crippen LogP contribution in [0.15, 0.2) is 18.2 Å². The van der Waals surface area contributed by atoms with Gasteiger partial charge in [-0.2, -0.15) is 0 Å². The van der Waals surface area contributed by atoms with Gasteiger partial charge in [-0.05, 0) is 31.5 Å². The SMILES string of the molecule is CCC1COC(C)CN1c1cc(F)ccc1N. The molecule has 1 aliphatic rings. The molecule has 0 aromatic heterocycles. The molecule has 2 atom stereocenters. The van der Waals surface area contributed by atoms with Gasteiger partial charge < -0.3 is 15.4 Å². The second-order valence-corrected chi connectivity index (χ2v) is 4.56. The lowest BCUT2D eigenvalue weighted by Gasteiger charge is -2.40. The zero-order valence-corrected chi connectivity index (χ0v) is 10.3. The van der Waals surface area contributed by atoms with Crippen molar-refractivity contribution in [1.82, 2.24) is 0 Å². The summed E-state index contributed by atoms with van der Waals surface area (Å²) in [6.07, 6.45) is 1.11. The average Bonchev–Trinajstić information content (AvgIpc) is 2.32. The fraction of sp³-hybridized carbons (Fsp3) is 0.538. The summed E-state index contributed by atoms with van der Waals surface area (Å²) in [5.41, 5.74) is 7.34. The minimum absolute atomic E-state index is 0.153. The lowest BCUT2D eigenvalue weighted by Crippen LogP contribution is -2.49. The Morgan fingerprint density at radius 1 is 1.53 bits per heavy atom. The Bertz CT molecular complexity index is 397. The minimum Gasteiger partial charge on any atom is -0.397 e. The monoisotopic (exact) mass is 238 g/mol. The van der Waals surface area contributed by atoms with Gasteiger partial charge in [0.15, 0.2) is 0 Å². The maximum Gasteiger partial charge on any atom is 0.125 e. The molecule has 94 valence electrons. The molecule has 3 nitrogen and oxygen atoms in total. The number of morpholine rings is 1. The first-order chi connectivity index (χ1) is 8.11. The maximum absolute atomic E-state index is 13.3. The van der Waals surface area contributed by atoms with Crippen LogP contribution in [0.4, 0.5) is 15.8 Å². The normalized spacial score (nSPS) is 25.0. The lowest BCUT2D eigenvalue weighted by molar-refractivity contribution is 0.0300. The van der Waals surface area contributed by atoms with Crippen molar-refractivity contribution in [3.63, 3.8) is 0 Å². The van der Waals surface area contributed by atoms with E-state index in [1.165, 1.54) is 12.1 Å². The van der Waals surface area contributed by atoms with Crippen LogP contribution in [0.1, 0.15) is 20.3 Å². The highest BCUT2D eigenvalue weighted by Gasteiger charge is 2.27. The predicted molar refractivity (Wildman–Crippen MR) is 67.7 cm³/mol. The van der Waals surface area contributed by atoms with Gasteiger partial charge >= 0.3 is 0 Å². The van der Waals surface area contributed by atoms with Crippen LogP contribution in [0, 0.1) is 5.82 Å². The number of ether oxygens (including phenoxy) is 1. The molecule has 0 spiro atoms. The minimum atomic E-state index is -0.247. The number of rotatable bonds is 2. The van der Waals surface area contributed by atoms with Gasteiger partial charge in [-0.25, -0.2) is 4.39 Å². The van der Waals surface area contributed by atoms with E-state index < -0.39 is 0 Å². The number of nitrogens with two attached hydrogens (primary N) is 1. The van der Waals surface area contributed by atoms with Gasteiger partial charge in [0.2, 0.25) is 0 Å². The van der Waals surface area contributed by atoms with Crippen molar-refractivity contribution in [1.29, 1.82) is 0 Å². The molecule has 1 aliphatic heterocycles. The van der Waals surface area contributed by atoms with Crippen molar-refractivity contribution in [3.05, 3.63) is 24.0 Å². The molecule has 1 fully saturated rings. The highest BCUT2D eigenvalue weighted by atomic mass is 19.1. The number of halogens is 1. The Labute approximate surface area is 101 Å². The molecule has 2 N–H and O–H groups in total. The molecule has 2 rings (SSSR count). The molecular weight excluding hydrogens is 219 g/mol. The van der Waals surface area contributed by atoms with Crippen molar-refractivity contribution in [2.45, 2.75) is 32.4 Å². The molecule has 0 aliphatic carbocycles. The Hall–Kier alpha value is -1.29. The smallest absolute Gasteiger partial charge is 0.125 e. The van der Waals surface area contributed by atoms with Crippen LogP contribution >= 0.6 is 0 Å². The zero-order chi connectivity index (χ0) is 12.4. The molecule has 0 bridgehead atoms. The van der Waals surface area contributed by atoms with E-state index in [1.54, 1.807) is 6.07 Å². The Balaban J connectivity index is 2.31. The summed E-state index contributed by atoms with van der Waals surface area (Å²) in [4.78, 5) is 2.16. The molecule has 0 radical (unpaired) electrons. The number of benzene rings is 1. The molecule has 4 heteroatoms. The highest BCUT2D eigenvalue weighted by molar-refractivity contribution is 5.68. The largest absolute Gasteiger partial charge is 0.397 e. The maximum atomic E-state index is 13.3. The van der Waals surface area contributed by atoms with E-state index in [9.17, 15) is 4.39 Å². The second-order valence-electron chi connectivity index (χ2n) is 4.56. The molecular formula is C13H19FN2O. The van der Waals surface area contributed by atoms with Crippen LogP contribution in [-0.4, -0.2) is 25.3 Å². The van der Waals surface area contributed by atoms with E-state index >= 15 is 0 Å². The molecule has 2 unspecified atom stereocenters. The Morgan fingerprint density at radius 2 is 2.29 bits per heavy atom. The van der Waals surface area contributed by atoms with Gasteiger partial charge in [-0.1, -0.05) is 6.92 Å². The van der Waals surface area contributed by atoms with Crippen molar-refractivity contribution >= 4 is 11.4 Å². The third-order valence-corrected chi connectivity index (χ3v) is 3.24. The molecule has 17 heavy (non-hydrogen) atoms. The molecule has 0 saturated carbocycles. The summed E-state index contributed by atoms with van der Waals surface area (Å²) in [7, 11) is 0. The van der Waals surface area contributed by atoms with Crippen LogP contribution in [-0.2, 0) is 4.74 Å². The number of hydrogen-bond donors (Lipinski definition) is 1. The van der Waals surface area contributed by atoms with Crippen LogP contribution in [0.2, 0.25) is 0 Å². The van der Waals surface area contributed by atoms with E-state index in [2.05, 4.69) is 11.8 Å². The van der Waals surface area contributed by atoms with E-state index in [0.717, 1.165) is 18.7 Å². The van der Waals surface area contributed by atoms with Crippen LogP contribution < -0.4 is 10.6 Å². The first-order valence-corrected chi connectivity index (χ1v) is 6.05. The van der Waals surface area contributed by atoms with Crippen LogP contribution in [0.25, 0.3) is 0 Å². The topological polar surface area (TPSA) is 38.5 Å². The molecule has 1 aromatic carbocycles. The quantitative estimate of drug-likeness (QED) is 0.804. The predicted octanol–water partition coefficient (Wildman–Crippen LogP) is 2.41. The Morgan fingerprint density at radius 3 is 3.00 bits per heavy atom. The standard InChI is InChI=1S/C13H19FN2O/c1-3-11-8-17-9(2)7-16(11)13-6-10(14)4-5-12(13)15/h4-6,9,11H,3,7-8,15H2,1-2H3. The zero-order valence-electron chi connectivity index (χ0n) is 10.3. The lowest BCUT2D eigenvalue weighted by atomic mass is 10.1. The van der Waals surface area contributed by atoms with Gasteiger partial charge in [0.1, 0.15) is 5.82 Å². The molecule has 1 heterocycles. The summed E-state index contributed by atoms with van der Waals surface area (Å²) in [6, 6.07) is 4.80. The van der Waals surface area contributed by atoms with E-state index in [4.69, 9.17) is 10.5 Å².